The van der Waals surface area contributed by atoms with Crippen LogP contribution in [-0.2, 0) is 11.3 Å². The van der Waals surface area contributed by atoms with Gasteiger partial charge < -0.3 is 14.8 Å². The second-order valence-electron chi connectivity index (χ2n) is 4.70. The number of methoxy groups -OCH3 is 1. The van der Waals surface area contributed by atoms with Gasteiger partial charge in [-0.1, -0.05) is 18.2 Å². The van der Waals surface area contributed by atoms with Crippen molar-refractivity contribution in [3.63, 3.8) is 0 Å². The quantitative estimate of drug-likeness (QED) is 0.752. The van der Waals surface area contributed by atoms with Crippen LogP contribution in [0.3, 0.4) is 0 Å². The molecule has 118 valence electrons. The van der Waals surface area contributed by atoms with Gasteiger partial charge in [0.25, 0.3) is 5.91 Å². The van der Waals surface area contributed by atoms with Crippen molar-refractivity contribution in [3.8, 4) is 11.6 Å². The zero-order valence-corrected chi connectivity index (χ0v) is 13.3. The van der Waals surface area contributed by atoms with Gasteiger partial charge in [0.15, 0.2) is 6.61 Å². The molecule has 0 saturated carbocycles. The lowest BCUT2D eigenvalue weighted by atomic mass is 10.2. The summed E-state index contributed by atoms with van der Waals surface area (Å²) in [4.78, 5) is 21.0. The average Bonchev–Trinajstić information content (AvgIpc) is 3.07. The topological polar surface area (TPSA) is 73.3 Å². The molecule has 0 aliphatic carbocycles. The van der Waals surface area contributed by atoms with Gasteiger partial charge in [0.2, 0.25) is 5.88 Å². The summed E-state index contributed by atoms with van der Waals surface area (Å²) < 4.78 is 10.7. The Morgan fingerprint density at radius 2 is 2.13 bits per heavy atom. The van der Waals surface area contributed by atoms with E-state index in [2.05, 4.69) is 15.3 Å². The summed E-state index contributed by atoms with van der Waals surface area (Å²) in [5.74, 6) is 0.936. The summed E-state index contributed by atoms with van der Waals surface area (Å²) in [5, 5.41) is 5.53. The normalized spacial score (nSPS) is 10.5. The number of amides is 1. The van der Waals surface area contributed by atoms with E-state index in [4.69, 9.17) is 9.47 Å². The number of hydrogen-bond acceptors (Lipinski definition) is 6. The van der Waals surface area contributed by atoms with E-state index in [1.165, 1.54) is 17.7 Å². The molecule has 0 aliphatic heterocycles. The number of thiophene rings is 1. The molecule has 0 fully saturated rings. The number of nitrogens with zero attached hydrogens (tertiary/aromatic N) is 2. The van der Waals surface area contributed by atoms with Crippen molar-refractivity contribution < 1.29 is 14.3 Å². The maximum atomic E-state index is 11.9. The van der Waals surface area contributed by atoms with Crippen LogP contribution in [0.5, 0.6) is 11.6 Å². The molecule has 0 radical (unpaired) electrons. The Morgan fingerprint density at radius 1 is 1.26 bits per heavy atom. The van der Waals surface area contributed by atoms with E-state index in [1.54, 1.807) is 7.11 Å². The Balaban J connectivity index is 1.57. The largest absolute Gasteiger partial charge is 0.496 e. The molecule has 0 unspecified atom stereocenters. The Morgan fingerprint density at radius 3 is 3.00 bits per heavy atom. The molecule has 3 rings (SSSR count). The minimum atomic E-state index is -0.224. The summed E-state index contributed by atoms with van der Waals surface area (Å²) in [6.45, 7) is 0.279. The highest BCUT2D eigenvalue weighted by Crippen LogP contribution is 2.25. The van der Waals surface area contributed by atoms with Gasteiger partial charge in [-0.05, 0) is 17.5 Å². The number of rotatable bonds is 6. The first-order valence-corrected chi connectivity index (χ1v) is 7.85. The zero-order valence-electron chi connectivity index (χ0n) is 12.5. The van der Waals surface area contributed by atoms with Crippen LogP contribution in [0.1, 0.15) is 5.56 Å². The van der Waals surface area contributed by atoms with E-state index in [0.29, 0.717) is 12.4 Å². The van der Waals surface area contributed by atoms with Gasteiger partial charge in [-0.3, -0.25) is 4.79 Å². The van der Waals surface area contributed by atoms with Gasteiger partial charge in [-0.2, -0.15) is 0 Å². The predicted molar refractivity (Wildman–Crippen MR) is 87.8 cm³/mol. The first-order valence-electron chi connectivity index (χ1n) is 6.97. The number of hydrogen-bond donors (Lipinski definition) is 1. The van der Waals surface area contributed by atoms with Crippen molar-refractivity contribution in [2.24, 2.45) is 0 Å². The number of para-hydroxylation sites is 1. The Kier molecular flexibility index (Phi) is 4.68. The van der Waals surface area contributed by atoms with Crippen LogP contribution in [0.15, 0.2) is 42.0 Å². The van der Waals surface area contributed by atoms with Crippen LogP contribution in [-0.4, -0.2) is 29.6 Å². The standard InChI is InChI=1S/C16H15N3O3S/c1-21-13-5-3-2-4-11(13)8-17-14(20)9-22-15-12-6-7-23-16(12)19-10-18-15/h2-7,10H,8-9H2,1H3,(H,17,20). The van der Waals surface area contributed by atoms with E-state index in [9.17, 15) is 4.79 Å². The molecule has 1 aromatic carbocycles. The Hall–Kier alpha value is -2.67. The lowest BCUT2D eigenvalue weighted by Gasteiger charge is -2.10. The van der Waals surface area contributed by atoms with Crippen molar-refractivity contribution in [3.05, 3.63) is 47.6 Å². The molecular formula is C16H15N3O3S. The lowest BCUT2D eigenvalue weighted by molar-refractivity contribution is -0.123. The van der Waals surface area contributed by atoms with Crippen molar-refractivity contribution in [2.45, 2.75) is 6.54 Å². The summed E-state index contributed by atoms with van der Waals surface area (Å²) in [7, 11) is 1.60. The molecule has 1 amide bonds. The second kappa shape index (κ2) is 7.06. The molecule has 6 nitrogen and oxygen atoms in total. The minimum absolute atomic E-state index is 0.100. The summed E-state index contributed by atoms with van der Waals surface area (Å²) >= 11 is 1.50. The third-order valence-electron chi connectivity index (χ3n) is 3.23. The molecule has 0 bridgehead atoms. The van der Waals surface area contributed by atoms with Crippen molar-refractivity contribution in [1.82, 2.24) is 15.3 Å². The minimum Gasteiger partial charge on any atom is -0.496 e. The van der Waals surface area contributed by atoms with Gasteiger partial charge in [0.05, 0.1) is 12.5 Å². The lowest BCUT2D eigenvalue weighted by Crippen LogP contribution is -2.28. The third-order valence-corrected chi connectivity index (χ3v) is 4.05. The van der Waals surface area contributed by atoms with Crippen LogP contribution >= 0.6 is 11.3 Å². The second-order valence-corrected chi connectivity index (χ2v) is 5.59. The molecule has 0 saturated heterocycles. The molecule has 0 atom stereocenters. The maximum absolute atomic E-state index is 11.9. The van der Waals surface area contributed by atoms with Crippen LogP contribution < -0.4 is 14.8 Å². The number of ether oxygens (including phenoxy) is 2. The van der Waals surface area contributed by atoms with Gasteiger partial charge in [-0.15, -0.1) is 11.3 Å². The summed E-state index contributed by atoms with van der Waals surface area (Å²) in [5.41, 5.74) is 0.908. The maximum Gasteiger partial charge on any atom is 0.258 e. The van der Waals surface area contributed by atoms with E-state index >= 15 is 0 Å². The number of nitrogens with one attached hydrogen (secondary N) is 1. The molecular weight excluding hydrogens is 314 g/mol. The van der Waals surface area contributed by atoms with Gasteiger partial charge >= 0.3 is 0 Å². The number of fused-ring (bicyclic) bond motifs is 1. The van der Waals surface area contributed by atoms with E-state index < -0.39 is 0 Å². The third kappa shape index (κ3) is 3.57. The Labute approximate surface area is 137 Å². The highest BCUT2D eigenvalue weighted by atomic mass is 32.1. The number of aromatic nitrogens is 2. The van der Waals surface area contributed by atoms with Crippen LogP contribution in [0, 0.1) is 0 Å². The van der Waals surface area contributed by atoms with Crippen molar-refractivity contribution in [2.75, 3.05) is 13.7 Å². The molecule has 3 aromatic rings. The monoisotopic (exact) mass is 329 g/mol. The SMILES string of the molecule is COc1ccccc1CNC(=O)COc1ncnc2sccc12. The molecule has 1 N–H and O–H groups in total. The summed E-state index contributed by atoms with van der Waals surface area (Å²) in [6, 6.07) is 9.41. The highest BCUT2D eigenvalue weighted by molar-refractivity contribution is 7.16. The van der Waals surface area contributed by atoms with Crippen LogP contribution in [0.2, 0.25) is 0 Å². The van der Waals surface area contributed by atoms with Crippen molar-refractivity contribution >= 4 is 27.5 Å². The number of carbonyl (C=O) groups is 1. The number of benzene rings is 1. The molecule has 0 spiro atoms. The van der Waals surface area contributed by atoms with Gasteiger partial charge in [0, 0.05) is 12.1 Å². The fourth-order valence-electron chi connectivity index (χ4n) is 2.11. The summed E-state index contributed by atoms with van der Waals surface area (Å²) in [6.07, 6.45) is 1.43. The van der Waals surface area contributed by atoms with Gasteiger partial charge in [0.1, 0.15) is 16.9 Å². The molecule has 0 aliphatic rings. The molecule has 2 aromatic heterocycles. The highest BCUT2D eigenvalue weighted by Gasteiger charge is 2.09. The average molecular weight is 329 g/mol. The fraction of sp³-hybridized carbons (Fsp3) is 0.188. The van der Waals surface area contributed by atoms with Crippen LogP contribution in [0.25, 0.3) is 10.2 Å². The van der Waals surface area contributed by atoms with Gasteiger partial charge in [-0.25, -0.2) is 9.97 Å². The van der Waals surface area contributed by atoms with E-state index in [-0.39, 0.29) is 12.5 Å². The van der Waals surface area contributed by atoms with Crippen LogP contribution in [0.4, 0.5) is 0 Å². The molecule has 23 heavy (non-hydrogen) atoms. The smallest absolute Gasteiger partial charge is 0.258 e. The number of carbonyl (C=O) groups excluding carboxylic acids is 1. The van der Waals surface area contributed by atoms with E-state index in [1.807, 2.05) is 35.7 Å². The zero-order chi connectivity index (χ0) is 16.1. The Bertz CT molecular complexity index is 819. The first-order chi connectivity index (χ1) is 11.3. The predicted octanol–water partition coefficient (Wildman–Crippen LogP) is 2.40. The molecule has 2 heterocycles. The fourth-order valence-corrected chi connectivity index (χ4v) is 2.83. The first kappa shape index (κ1) is 15.2. The molecule has 7 heteroatoms. The van der Waals surface area contributed by atoms with E-state index in [0.717, 1.165) is 21.5 Å². The van der Waals surface area contributed by atoms with Crippen molar-refractivity contribution in [1.29, 1.82) is 0 Å².